The molecule has 0 radical (unpaired) electrons. The lowest BCUT2D eigenvalue weighted by molar-refractivity contribution is 1.06. The second-order valence-corrected chi connectivity index (χ2v) is 18.9. The van der Waals surface area contributed by atoms with Gasteiger partial charge in [-0.1, -0.05) is 218 Å². The van der Waals surface area contributed by atoms with Crippen molar-refractivity contribution in [2.75, 3.05) is 0 Å². The molecule has 11 heteroatoms. The number of pyridine rings is 1. The van der Waals surface area contributed by atoms with E-state index < -0.39 is 0 Å². The van der Waals surface area contributed by atoms with Gasteiger partial charge in [0.05, 0.1) is 16.7 Å². The average Bonchev–Trinajstić information content (AvgIpc) is 4.05. The molecule has 79 heavy (non-hydrogen) atoms. The van der Waals surface area contributed by atoms with E-state index in [4.69, 9.17) is 44.9 Å². The number of fused-ring (bicyclic) bond motifs is 3. The molecule has 0 saturated carbocycles. The van der Waals surface area contributed by atoms with Crippen LogP contribution in [0.2, 0.25) is 0 Å². The predicted octanol–water partition coefficient (Wildman–Crippen LogP) is 15.4. The van der Waals surface area contributed by atoms with Crippen LogP contribution in [0.4, 0.5) is 0 Å². The van der Waals surface area contributed by atoms with Crippen LogP contribution in [0.1, 0.15) is 0 Å². The summed E-state index contributed by atoms with van der Waals surface area (Å²) in [4.78, 5) is 51.1. The molecule has 0 aliphatic heterocycles. The SMILES string of the molecule is c1ccc(-c2nc(-c3ccccc3)nc(-c3ccc4c5ccc(-c6nc(-c7ccccc7)nc(-c7ccccc7)n6)cc5n(-c5ccc(-c6cccnc6)cc5-c5nc(-c6ccccc6)nc(-c6ccccc6)n5)c4c3)n2)cc1. The number of nitrogens with zero attached hydrogens (tertiary/aromatic N) is 11. The molecular formula is C68H43N11. The van der Waals surface area contributed by atoms with Crippen LogP contribution in [0.15, 0.2) is 261 Å². The van der Waals surface area contributed by atoms with Gasteiger partial charge in [-0.2, -0.15) is 0 Å². The molecule has 11 nitrogen and oxygen atoms in total. The van der Waals surface area contributed by atoms with Gasteiger partial charge in [-0.05, 0) is 35.9 Å². The Morgan fingerprint density at radius 3 is 0.861 bits per heavy atom. The second kappa shape index (κ2) is 20.2. The van der Waals surface area contributed by atoms with E-state index >= 15 is 0 Å². The highest BCUT2D eigenvalue weighted by Gasteiger charge is 2.23. The van der Waals surface area contributed by atoms with Crippen LogP contribution in [-0.4, -0.2) is 54.4 Å². The summed E-state index contributed by atoms with van der Waals surface area (Å²) in [6.45, 7) is 0. The number of benzene rings is 9. The van der Waals surface area contributed by atoms with Gasteiger partial charge < -0.3 is 4.57 Å². The van der Waals surface area contributed by atoms with Crippen molar-refractivity contribution < 1.29 is 0 Å². The largest absolute Gasteiger partial charge is 0.308 e. The van der Waals surface area contributed by atoms with Gasteiger partial charge in [0, 0.05) is 78.8 Å². The Morgan fingerprint density at radius 2 is 0.532 bits per heavy atom. The lowest BCUT2D eigenvalue weighted by atomic mass is 10.0. The van der Waals surface area contributed by atoms with Gasteiger partial charge in [0.25, 0.3) is 0 Å². The quantitative estimate of drug-likeness (QED) is 0.123. The summed E-state index contributed by atoms with van der Waals surface area (Å²) in [5, 5.41) is 2.01. The Hall–Kier alpha value is -11.0. The topological polar surface area (TPSA) is 134 Å². The summed E-state index contributed by atoms with van der Waals surface area (Å²) in [6, 6.07) is 83.5. The first-order chi connectivity index (χ1) is 39.1. The van der Waals surface area contributed by atoms with Crippen molar-refractivity contribution in [3.63, 3.8) is 0 Å². The molecule has 5 heterocycles. The molecule has 0 unspecified atom stereocenters. The summed E-state index contributed by atoms with van der Waals surface area (Å²) in [6.07, 6.45) is 3.66. The van der Waals surface area contributed by atoms with Crippen molar-refractivity contribution in [1.82, 2.24) is 54.4 Å². The third-order valence-electron chi connectivity index (χ3n) is 13.9. The zero-order valence-corrected chi connectivity index (χ0v) is 42.2. The molecule has 0 aliphatic rings. The first kappa shape index (κ1) is 46.5. The number of hydrogen-bond acceptors (Lipinski definition) is 10. The maximum atomic E-state index is 5.34. The van der Waals surface area contributed by atoms with E-state index in [0.29, 0.717) is 52.4 Å². The van der Waals surface area contributed by atoms with Crippen LogP contribution in [0.3, 0.4) is 0 Å². The molecular weight excluding hydrogens is 971 g/mol. The Balaban J connectivity index is 1.06. The van der Waals surface area contributed by atoms with Crippen LogP contribution >= 0.6 is 0 Å². The fourth-order valence-electron chi connectivity index (χ4n) is 9.98. The Kier molecular flexibility index (Phi) is 11.9. The minimum atomic E-state index is 0.491. The second-order valence-electron chi connectivity index (χ2n) is 18.9. The fourth-order valence-corrected chi connectivity index (χ4v) is 9.98. The molecule has 0 saturated heterocycles. The lowest BCUT2D eigenvalue weighted by Crippen LogP contribution is -2.04. The molecule has 5 aromatic heterocycles. The maximum absolute atomic E-state index is 5.34. The summed E-state index contributed by atoms with van der Waals surface area (Å²) in [7, 11) is 0. The third-order valence-corrected chi connectivity index (χ3v) is 13.9. The van der Waals surface area contributed by atoms with Gasteiger partial charge in [-0.15, -0.1) is 0 Å². The van der Waals surface area contributed by atoms with Crippen LogP contribution in [0, 0.1) is 0 Å². The van der Waals surface area contributed by atoms with E-state index in [0.717, 1.165) is 88.7 Å². The molecule has 14 aromatic rings. The Bertz CT molecular complexity index is 4150. The van der Waals surface area contributed by atoms with Crippen LogP contribution in [0.5, 0.6) is 0 Å². The summed E-state index contributed by atoms with van der Waals surface area (Å²) in [5.41, 5.74) is 12.1. The first-order valence-corrected chi connectivity index (χ1v) is 25.9. The average molecular weight is 1010 g/mol. The summed E-state index contributed by atoms with van der Waals surface area (Å²) >= 11 is 0. The highest BCUT2D eigenvalue weighted by Crippen LogP contribution is 2.41. The molecule has 0 N–H and O–H groups in total. The van der Waals surface area contributed by atoms with Crippen molar-refractivity contribution in [2.45, 2.75) is 0 Å². The standard InChI is InChI=1S/C68H43N11/c1-7-20-44(21-8-1)60-70-61(45-22-9-2-10-23-45)74-66(73-60)51-33-36-54-55-37-34-52(67-75-62(46-24-11-3-12-25-46)71-63(76-67)47-26-13-4-14-27-47)42-59(55)79(58(54)41-51)57-38-35-50(53-32-19-39-69-43-53)40-56(57)68-77-64(48-28-15-5-16-29-48)72-65(78-68)49-30-17-6-18-31-49/h1-43H. The molecule has 0 fully saturated rings. The molecule has 0 amide bonds. The van der Waals surface area contributed by atoms with Crippen molar-refractivity contribution >= 4 is 21.8 Å². The van der Waals surface area contributed by atoms with E-state index in [1.54, 1.807) is 6.20 Å². The Morgan fingerprint density at radius 1 is 0.228 bits per heavy atom. The maximum Gasteiger partial charge on any atom is 0.166 e. The van der Waals surface area contributed by atoms with Crippen molar-refractivity contribution in [3.8, 4) is 119 Å². The minimum absolute atomic E-state index is 0.491. The normalized spacial score (nSPS) is 11.3. The fraction of sp³-hybridized carbons (Fsp3) is 0. The molecule has 0 bridgehead atoms. The number of aromatic nitrogens is 11. The molecule has 9 aromatic carbocycles. The van der Waals surface area contributed by atoms with E-state index in [2.05, 4.69) is 70.2 Å². The van der Waals surface area contributed by atoms with Crippen LogP contribution in [0.25, 0.3) is 141 Å². The number of hydrogen-bond donors (Lipinski definition) is 0. The van der Waals surface area contributed by atoms with Gasteiger partial charge in [0.15, 0.2) is 52.4 Å². The monoisotopic (exact) mass is 1010 g/mol. The summed E-state index contributed by atoms with van der Waals surface area (Å²) in [5.74, 6) is 4.94. The van der Waals surface area contributed by atoms with Crippen molar-refractivity contribution in [3.05, 3.63) is 261 Å². The summed E-state index contributed by atoms with van der Waals surface area (Å²) < 4.78 is 2.29. The van der Waals surface area contributed by atoms with E-state index in [9.17, 15) is 0 Å². The van der Waals surface area contributed by atoms with Crippen LogP contribution < -0.4 is 0 Å². The zero-order valence-electron chi connectivity index (χ0n) is 42.2. The van der Waals surface area contributed by atoms with Gasteiger partial charge in [0.2, 0.25) is 0 Å². The Labute approximate surface area is 454 Å². The van der Waals surface area contributed by atoms with E-state index in [1.807, 2.05) is 194 Å². The van der Waals surface area contributed by atoms with E-state index in [1.165, 1.54) is 0 Å². The van der Waals surface area contributed by atoms with Gasteiger partial charge in [-0.25, -0.2) is 44.9 Å². The lowest BCUT2D eigenvalue weighted by Gasteiger charge is -2.17. The van der Waals surface area contributed by atoms with Gasteiger partial charge in [-0.3, -0.25) is 4.98 Å². The first-order valence-electron chi connectivity index (χ1n) is 25.9. The van der Waals surface area contributed by atoms with Crippen molar-refractivity contribution in [1.29, 1.82) is 0 Å². The molecule has 0 atom stereocenters. The highest BCUT2D eigenvalue weighted by molar-refractivity contribution is 6.11. The zero-order chi connectivity index (χ0) is 52.5. The predicted molar refractivity (Wildman–Crippen MR) is 313 cm³/mol. The molecule has 370 valence electrons. The molecule has 0 aliphatic carbocycles. The smallest absolute Gasteiger partial charge is 0.166 e. The van der Waals surface area contributed by atoms with Gasteiger partial charge in [0.1, 0.15) is 0 Å². The molecule has 0 spiro atoms. The van der Waals surface area contributed by atoms with Crippen LogP contribution in [-0.2, 0) is 0 Å². The van der Waals surface area contributed by atoms with E-state index in [-0.39, 0.29) is 0 Å². The molecule has 14 rings (SSSR count). The van der Waals surface area contributed by atoms with Gasteiger partial charge >= 0.3 is 0 Å². The third kappa shape index (κ3) is 9.13. The minimum Gasteiger partial charge on any atom is -0.308 e. The van der Waals surface area contributed by atoms with Crippen molar-refractivity contribution in [2.24, 2.45) is 0 Å². The highest BCUT2D eigenvalue weighted by atomic mass is 15.1. The number of rotatable bonds is 11.